The van der Waals surface area contributed by atoms with Crippen LogP contribution < -0.4 is 10.2 Å². The number of para-hydroxylation sites is 1. The lowest BCUT2D eigenvalue weighted by molar-refractivity contribution is 0.405. The second kappa shape index (κ2) is 7.59. The number of benzene rings is 1. The van der Waals surface area contributed by atoms with Crippen molar-refractivity contribution in [3.63, 3.8) is 0 Å². The van der Waals surface area contributed by atoms with E-state index < -0.39 is 0 Å². The molecule has 0 saturated heterocycles. The van der Waals surface area contributed by atoms with E-state index in [1.54, 1.807) is 6.33 Å². The molecule has 0 saturated carbocycles. The number of hydrogen-bond donors (Lipinski definition) is 1. The zero-order chi connectivity index (χ0) is 15.1. The Hall–Kier alpha value is -2.14. The number of rotatable bonds is 7. The van der Waals surface area contributed by atoms with Gasteiger partial charge in [-0.05, 0) is 39.2 Å². The third-order valence-corrected chi connectivity index (χ3v) is 3.23. The molecule has 0 bridgehead atoms. The Labute approximate surface area is 126 Å². The highest BCUT2D eigenvalue weighted by Gasteiger charge is 2.06. The van der Waals surface area contributed by atoms with Crippen LogP contribution in [-0.4, -0.2) is 49.1 Å². The molecular formula is C16H23N5. The van der Waals surface area contributed by atoms with E-state index in [0.717, 1.165) is 36.8 Å². The molecule has 2 aromatic rings. The molecule has 0 spiro atoms. The van der Waals surface area contributed by atoms with E-state index in [1.807, 2.05) is 36.2 Å². The predicted octanol–water partition coefficient (Wildman–Crippen LogP) is 2.61. The first-order valence-corrected chi connectivity index (χ1v) is 7.16. The van der Waals surface area contributed by atoms with Gasteiger partial charge in [-0.2, -0.15) is 0 Å². The Morgan fingerprint density at radius 3 is 2.52 bits per heavy atom. The summed E-state index contributed by atoms with van der Waals surface area (Å²) in [4.78, 5) is 12.8. The summed E-state index contributed by atoms with van der Waals surface area (Å²) in [6.07, 6.45) is 2.68. The largest absolute Gasteiger partial charge is 0.370 e. The van der Waals surface area contributed by atoms with Crippen LogP contribution in [0.5, 0.6) is 0 Å². The van der Waals surface area contributed by atoms with Crippen molar-refractivity contribution in [1.82, 2.24) is 14.9 Å². The summed E-state index contributed by atoms with van der Waals surface area (Å²) in [7, 11) is 6.17. The van der Waals surface area contributed by atoms with Gasteiger partial charge in [0.05, 0.1) is 0 Å². The summed E-state index contributed by atoms with van der Waals surface area (Å²) in [6, 6.07) is 12.1. The molecule has 1 heterocycles. The Kier molecular flexibility index (Phi) is 5.51. The fourth-order valence-corrected chi connectivity index (χ4v) is 2.02. The lowest BCUT2D eigenvalue weighted by Gasteiger charge is -2.18. The lowest BCUT2D eigenvalue weighted by Crippen LogP contribution is -2.17. The van der Waals surface area contributed by atoms with Crippen molar-refractivity contribution in [2.75, 3.05) is 44.4 Å². The van der Waals surface area contributed by atoms with Gasteiger partial charge in [-0.15, -0.1) is 0 Å². The number of nitrogens with zero attached hydrogens (tertiary/aromatic N) is 4. The molecule has 0 atom stereocenters. The fourth-order valence-electron chi connectivity index (χ4n) is 2.02. The van der Waals surface area contributed by atoms with Crippen LogP contribution in [0, 0.1) is 0 Å². The quantitative estimate of drug-likeness (QED) is 0.792. The molecule has 0 aliphatic carbocycles. The first-order chi connectivity index (χ1) is 10.2. The number of nitrogens with one attached hydrogen (secondary N) is 1. The summed E-state index contributed by atoms with van der Waals surface area (Å²) in [6.45, 7) is 1.97. The van der Waals surface area contributed by atoms with Crippen molar-refractivity contribution >= 4 is 17.3 Å². The van der Waals surface area contributed by atoms with Gasteiger partial charge in [0.15, 0.2) is 0 Å². The van der Waals surface area contributed by atoms with E-state index in [0.29, 0.717) is 0 Å². The summed E-state index contributed by atoms with van der Waals surface area (Å²) in [5, 5.41) is 3.34. The van der Waals surface area contributed by atoms with Gasteiger partial charge in [-0.25, -0.2) is 9.97 Å². The molecule has 1 aromatic carbocycles. The van der Waals surface area contributed by atoms with Crippen LogP contribution in [0.4, 0.5) is 17.3 Å². The average Bonchev–Trinajstić information content (AvgIpc) is 2.52. The van der Waals surface area contributed by atoms with Gasteiger partial charge in [0, 0.05) is 25.3 Å². The van der Waals surface area contributed by atoms with Crippen LogP contribution in [0.15, 0.2) is 42.7 Å². The molecule has 0 unspecified atom stereocenters. The summed E-state index contributed by atoms with van der Waals surface area (Å²) in [5.41, 5.74) is 1.11. The van der Waals surface area contributed by atoms with Gasteiger partial charge < -0.3 is 15.1 Å². The standard InChI is InChI=1S/C16H23N5/c1-20(2)11-7-10-17-15-12-16(19-13-18-15)21(3)14-8-5-4-6-9-14/h4-6,8-9,12-13H,7,10-11H2,1-3H3,(H,17,18,19). The van der Waals surface area contributed by atoms with Gasteiger partial charge in [0.2, 0.25) is 0 Å². The van der Waals surface area contributed by atoms with Crippen LogP contribution in [0.3, 0.4) is 0 Å². The topological polar surface area (TPSA) is 44.3 Å². The maximum Gasteiger partial charge on any atom is 0.138 e. The number of anilines is 3. The maximum absolute atomic E-state index is 4.34. The highest BCUT2D eigenvalue weighted by Crippen LogP contribution is 2.22. The second-order valence-corrected chi connectivity index (χ2v) is 5.24. The molecule has 1 N–H and O–H groups in total. The predicted molar refractivity (Wildman–Crippen MR) is 88.2 cm³/mol. The smallest absolute Gasteiger partial charge is 0.138 e. The molecule has 0 amide bonds. The molecule has 1 aromatic heterocycles. The van der Waals surface area contributed by atoms with Gasteiger partial charge in [-0.3, -0.25) is 0 Å². The average molecular weight is 285 g/mol. The van der Waals surface area contributed by atoms with Crippen LogP contribution in [0.2, 0.25) is 0 Å². The molecule has 2 rings (SSSR count). The van der Waals surface area contributed by atoms with Crippen LogP contribution in [-0.2, 0) is 0 Å². The van der Waals surface area contributed by atoms with Crippen LogP contribution in [0.1, 0.15) is 6.42 Å². The number of hydrogen-bond acceptors (Lipinski definition) is 5. The lowest BCUT2D eigenvalue weighted by atomic mass is 10.3. The minimum atomic E-state index is 0.863. The Bertz CT molecular complexity index is 541. The zero-order valence-corrected chi connectivity index (χ0v) is 13.0. The maximum atomic E-state index is 4.34. The van der Waals surface area contributed by atoms with E-state index in [4.69, 9.17) is 0 Å². The van der Waals surface area contributed by atoms with Crippen molar-refractivity contribution in [2.45, 2.75) is 6.42 Å². The molecular weight excluding hydrogens is 262 g/mol. The van der Waals surface area contributed by atoms with Crippen LogP contribution in [0.25, 0.3) is 0 Å². The molecule has 0 aliphatic heterocycles. The van der Waals surface area contributed by atoms with Gasteiger partial charge >= 0.3 is 0 Å². The zero-order valence-electron chi connectivity index (χ0n) is 13.0. The summed E-state index contributed by atoms with van der Waals surface area (Å²) < 4.78 is 0. The Balaban J connectivity index is 1.97. The van der Waals surface area contributed by atoms with Gasteiger partial charge in [0.25, 0.3) is 0 Å². The van der Waals surface area contributed by atoms with E-state index >= 15 is 0 Å². The second-order valence-electron chi connectivity index (χ2n) is 5.24. The Morgan fingerprint density at radius 2 is 1.81 bits per heavy atom. The van der Waals surface area contributed by atoms with Crippen molar-refractivity contribution in [3.8, 4) is 0 Å². The first-order valence-electron chi connectivity index (χ1n) is 7.16. The molecule has 21 heavy (non-hydrogen) atoms. The van der Waals surface area contributed by atoms with Gasteiger partial charge in [-0.1, -0.05) is 18.2 Å². The molecule has 0 fully saturated rings. The van der Waals surface area contributed by atoms with E-state index in [9.17, 15) is 0 Å². The molecule has 112 valence electrons. The third-order valence-electron chi connectivity index (χ3n) is 3.23. The normalized spacial score (nSPS) is 10.7. The summed E-state index contributed by atoms with van der Waals surface area (Å²) in [5.74, 6) is 1.74. The van der Waals surface area contributed by atoms with Crippen molar-refractivity contribution < 1.29 is 0 Å². The molecule has 5 nitrogen and oxygen atoms in total. The first kappa shape index (κ1) is 15.3. The van der Waals surface area contributed by atoms with E-state index in [2.05, 4.69) is 46.4 Å². The highest BCUT2D eigenvalue weighted by molar-refractivity contribution is 5.61. The van der Waals surface area contributed by atoms with Crippen molar-refractivity contribution in [3.05, 3.63) is 42.7 Å². The Morgan fingerprint density at radius 1 is 1.05 bits per heavy atom. The number of aromatic nitrogens is 2. The molecule has 0 aliphatic rings. The van der Waals surface area contributed by atoms with E-state index in [1.165, 1.54) is 0 Å². The van der Waals surface area contributed by atoms with Crippen LogP contribution >= 0.6 is 0 Å². The minimum Gasteiger partial charge on any atom is -0.370 e. The minimum absolute atomic E-state index is 0.863. The SMILES string of the molecule is CN(C)CCCNc1cc(N(C)c2ccccc2)ncn1. The van der Waals surface area contributed by atoms with Gasteiger partial charge in [0.1, 0.15) is 18.0 Å². The summed E-state index contributed by atoms with van der Waals surface area (Å²) >= 11 is 0. The van der Waals surface area contributed by atoms with E-state index in [-0.39, 0.29) is 0 Å². The third kappa shape index (κ3) is 4.72. The monoisotopic (exact) mass is 285 g/mol. The molecule has 0 radical (unpaired) electrons. The highest BCUT2D eigenvalue weighted by atomic mass is 15.2. The fraction of sp³-hybridized carbons (Fsp3) is 0.375. The molecule has 5 heteroatoms. The van der Waals surface area contributed by atoms with Crippen molar-refractivity contribution in [1.29, 1.82) is 0 Å². The van der Waals surface area contributed by atoms with Crippen molar-refractivity contribution in [2.24, 2.45) is 0 Å².